The molecule has 0 heterocycles. The van der Waals surface area contributed by atoms with Crippen LogP contribution < -0.4 is 0 Å². The van der Waals surface area contributed by atoms with Crippen molar-refractivity contribution >= 4 is 5.71 Å². The monoisotopic (exact) mass is 339 g/mol. The Morgan fingerprint density at radius 1 is 1.36 bits per heavy atom. The highest BCUT2D eigenvalue weighted by Gasteiger charge is 2.63. The van der Waals surface area contributed by atoms with Crippen LogP contribution in [0.1, 0.15) is 51.9 Å². The molecule has 4 aliphatic carbocycles. The Balaban J connectivity index is 1.72. The second-order valence-electron chi connectivity index (χ2n) is 8.91. The normalized spacial score (nSPS) is 50.2. The molecule has 0 spiro atoms. The molecule has 0 amide bonds. The van der Waals surface area contributed by atoms with Gasteiger partial charge in [-0.1, -0.05) is 29.6 Å². The number of aliphatic hydroxyl groups is 1. The smallest absolute Gasteiger partial charge is 0.130 e. The molecule has 3 nitrogen and oxygen atoms in total. The molecule has 3 fully saturated rings. The molecule has 134 valence electrons. The fourth-order valence-corrected chi connectivity index (χ4v) is 6.95. The molecule has 0 saturated heterocycles. The summed E-state index contributed by atoms with van der Waals surface area (Å²) < 4.78 is 0. The summed E-state index contributed by atoms with van der Waals surface area (Å²) in [5.41, 5.74) is 1.11. The molecule has 2 N–H and O–H groups in total. The zero-order chi connectivity index (χ0) is 17.8. The second kappa shape index (κ2) is 5.74. The molecule has 7 atom stereocenters. The van der Waals surface area contributed by atoms with E-state index in [1.165, 1.54) is 5.57 Å². The van der Waals surface area contributed by atoms with Crippen LogP contribution in [-0.4, -0.2) is 21.6 Å². The van der Waals surface area contributed by atoms with Crippen LogP contribution in [0.3, 0.4) is 0 Å². The first-order valence-corrected chi connectivity index (χ1v) is 9.71. The predicted molar refractivity (Wildman–Crippen MR) is 99.2 cm³/mol. The van der Waals surface area contributed by atoms with Gasteiger partial charge in [0.25, 0.3) is 0 Å². The molecule has 0 aromatic heterocycles. The van der Waals surface area contributed by atoms with Gasteiger partial charge in [-0.2, -0.15) is 0 Å². The molecule has 3 heteroatoms. The molecular formula is C22H29NO2. The van der Waals surface area contributed by atoms with Crippen LogP contribution in [0.4, 0.5) is 0 Å². The van der Waals surface area contributed by atoms with Crippen molar-refractivity contribution < 1.29 is 10.3 Å². The van der Waals surface area contributed by atoms with Crippen LogP contribution in [0.15, 0.2) is 29.5 Å². The van der Waals surface area contributed by atoms with Crippen LogP contribution >= 0.6 is 0 Å². The van der Waals surface area contributed by atoms with Gasteiger partial charge in [-0.25, -0.2) is 0 Å². The molecule has 0 aliphatic heterocycles. The highest BCUT2D eigenvalue weighted by Crippen LogP contribution is 2.66. The van der Waals surface area contributed by atoms with Crippen molar-refractivity contribution in [2.45, 2.75) is 57.5 Å². The summed E-state index contributed by atoms with van der Waals surface area (Å²) in [5.74, 6) is 5.42. The molecule has 4 rings (SSSR count). The zero-order valence-electron chi connectivity index (χ0n) is 15.1. The summed E-state index contributed by atoms with van der Waals surface area (Å²) in [6.45, 7) is 6.37. The van der Waals surface area contributed by atoms with Gasteiger partial charge in [-0.05, 0) is 80.6 Å². The molecule has 0 aromatic carbocycles. The van der Waals surface area contributed by atoms with Crippen molar-refractivity contribution in [2.75, 3.05) is 0 Å². The summed E-state index contributed by atoms with van der Waals surface area (Å²) in [4.78, 5) is 0. The minimum Gasteiger partial charge on any atom is -0.411 e. The van der Waals surface area contributed by atoms with Crippen LogP contribution in [0.5, 0.6) is 0 Å². The average Bonchev–Trinajstić information content (AvgIpc) is 2.91. The van der Waals surface area contributed by atoms with E-state index in [4.69, 9.17) is 11.6 Å². The van der Waals surface area contributed by atoms with Gasteiger partial charge in [0.1, 0.15) is 5.60 Å². The van der Waals surface area contributed by atoms with E-state index in [0.29, 0.717) is 29.6 Å². The van der Waals surface area contributed by atoms with Crippen molar-refractivity contribution in [3.05, 3.63) is 24.3 Å². The standard InChI is InChI=1S/C22H29NO2/c1-4-14-13-21(3)19(10-11-22(21,24)5-2)18-8-6-15-12-16(23-25)7-9-17(15)20(14)18/h2,4,12,14,17-20,24-25H,1,6-11,13H2,3H3/b23-16-/t14?,17-,18-,19-,20+,21-,22+/m0/s1. The van der Waals surface area contributed by atoms with Crippen LogP contribution in [0.2, 0.25) is 0 Å². The Hall–Kier alpha value is -1.53. The SMILES string of the molecule is C#C[C@@]1(O)CC[C@H]2[C@@H]3CCC4=C/C(=N\O)CC[C@@H]4[C@H]3C(C=C)C[C@@]21C. The van der Waals surface area contributed by atoms with Gasteiger partial charge in [0.05, 0.1) is 5.71 Å². The van der Waals surface area contributed by atoms with Crippen molar-refractivity contribution in [1.29, 1.82) is 0 Å². The fraction of sp³-hybridized carbons (Fsp3) is 0.682. The van der Waals surface area contributed by atoms with E-state index in [0.717, 1.165) is 50.7 Å². The van der Waals surface area contributed by atoms with E-state index >= 15 is 0 Å². The third kappa shape index (κ3) is 2.20. The summed E-state index contributed by atoms with van der Waals surface area (Å²) >= 11 is 0. The van der Waals surface area contributed by atoms with Crippen LogP contribution in [-0.2, 0) is 0 Å². The van der Waals surface area contributed by atoms with Crippen molar-refractivity contribution in [2.24, 2.45) is 40.2 Å². The van der Waals surface area contributed by atoms with Gasteiger partial charge >= 0.3 is 0 Å². The van der Waals surface area contributed by atoms with Gasteiger partial charge < -0.3 is 10.3 Å². The maximum atomic E-state index is 11.1. The lowest BCUT2D eigenvalue weighted by Crippen LogP contribution is -2.55. The highest BCUT2D eigenvalue weighted by molar-refractivity contribution is 5.96. The van der Waals surface area contributed by atoms with E-state index in [9.17, 15) is 5.11 Å². The number of fused-ring (bicyclic) bond motifs is 5. The third-order valence-electron chi connectivity index (χ3n) is 8.19. The molecule has 3 saturated carbocycles. The van der Waals surface area contributed by atoms with Gasteiger partial charge in [0, 0.05) is 5.41 Å². The second-order valence-corrected chi connectivity index (χ2v) is 8.91. The number of hydrogen-bond donors (Lipinski definition) is 2. The average molecular weight is 339 g/mol. The number of oxime groups is 1. The highest BCUT2D eigenvalue weighted by atomic mass is 16.4. The number of nitrogens with zero attached hydrogens (tertiary/aromatic N) is 1. The van der Waals surface area contributed by atoms with Crippen molar-refractivity contribution in [1.82, 2.24) is 0 Å². The Morgan fingerprint density at radius 2 is 2.16 bits per heavy atom. The van der Waals surface area contributed by atoms with Gasteiger partial charge in [-0.3, -0.25) is 0 Å². The number of hydrogen-bond acceptors (Lipinski definition) is 3. The third-order valence-corrected chi connectivity index (χ3v) is 8.19. The maximum absolute atomic E-state index is 11.1. The minimum atomic E-state index is -0.969. The van der Waals surface area contributed by atoms with E-state index < -0.39 is 5.60 Å². The molecule has 0 radical (unpaired) electrons. The van der Waals surface area contributed by atoms with E-state index in [1.807, 2.05) is 0 Å². The van der Waals surface area contributed by atoms with Crippen molar-refractivity contribution in [3.63, 3.8) is 0 Å². The summed E-state index contributed by atoms with van der Waals surface area (Å²) in [5, 5.41) is 23.7. The quantitative estimate of drug-likeness (QED) is 0.326. The van der Waals surface area contributed by atoms with Crippen LogP contribution in [0, 0.1) is 47.3 Å². The minimum absolute atomic E-state index is 0.199. The maximum Gasteiger partial charge on any atom is 0.130 e. The van der Waals surface area contributed by atoms with E-state index in [-0.39, 0.29) is 5.41 Å². The Bertz CT molecular complexity index is 687. The number of allylic oxidation sites excluding steroid dienone is 3. The lowest BCUT2D eigenvalue weighted by Gasteiger charge is -2.57. The molecule has 1 unspecified atom stereocenters. The van der Waals surface area contributed by atoms with Gasteiger partial charge in [-0.15, -0.1) is 13.0 Å². The van der Waals surface area contributed by atoms with Gasteiger partial charge in [0.15, 0.2) is 0 Å². The molecule has 0 bridgehead atoms. The molecule has 0 aromatic rings. The number of rotatable bonds is 1. The summed E-state index contributed by atoms with van der Waals surface area (Å²) in [6.07, 6.45) is 16.9. The Morgan fingerprint density at radius 3 is 2.84 bits per heavy atom. The summed E-state index contributed by atoms with van der Waals surface area (Å²) in [6, 6.07) is 0. The van der Waals surface area contributed by atoms with Crippen LogP contribution in [0.25, 0.3) is 0 Å². The first-order chi connectivity index (χ1) is 12.0. The molecular weight excluding hydrogens is 310 g/mol. The lowest BCUT2D eigenvalue weighted by molar-refractivity contribution is -0.102. The zero-order valence-corrected chi connectivity index (χ0v) is 15.1. The summed E-state index contributed by atoms with van der Waals surface area (Å²) in [7, 11) is 0. The predicted octanol–water partition coefficient (Wildman–Crippen LogP) is 4.17. The lowest BCUT2D eigenvalue weighted by atomic mass is 9.47. The molecule has 4 aliphatic rings. The number of terminal acetylenes is 1. The molecule has 25 heavy (non-hydrogen) atoms. The Kier molecular flexibility index (Phi) is 3.88. The largest absolute Gasteiger partial charge is 0.411 e. The fourth-order valence-electron chi connectivity index (χ4n) is 6.95. The Labute approximate surface area is 150 Å². The topological polar surface area (TPSA) is 52.8 Å². The first kappa shape index (κ1) is 16.9. The first-order valence-electron chi connectivity index (χ1n) is 9.71. The van der Waals surface area contributed by atoms with E-state index in [1.54, 1.807) is 0 Å². The van der Waals surface area contributed by atoms with E-state index in [2.05, 4.69) is 36.7 Å². The van der Waals surface area contributed by atoms with Crippen molar-refractivity contribution in [3.8, 4) is 12.3 Å². The van der Waals surface area contributed by atoms with Gasteiger partial charge in [0.2, 0.25) is 0 Å².